The highest BCUT2D eigenvalue weighted by Crippen LogP contribution is 2.38. The molecule has 13 heavy (non-hydrogen) atoms. The van der Waals surface area contributed by atoms with Crippen molar-refractivity contribution in [2.75, 3.05) is 0 Å². The minimum Gasteiger partial charge on any atom is -0.242 e. The molecule has 0 radical (unpaired) electrons. The number of rotatable bonds is 0. The molecular formula is C12H9F. The summed E-state index contributed by atoms with van der Waals surface area (Å²) in [7, 11) is 0. The number of alkyl halides is 1. The summed E-state index contributed by atoms with van der Waals surface area (Å²) in [6, 6.07) is 11.9. The molecule has 0 fully saturated rings. The number of hydrogen-bond donors (Lipinski definition) is 0. The first-order valence-electron chi connectivity index (χ1n) is 4.51. The van der Waals surface area contributed by atoms with Gasteiger partial charge in [-0.25, -0.2) is 4.39 Å². The Labute approximate surface area is 76.0 Å². The molecule has 0 nitrogen and oxygen atoms in total. The summed E-state index contributed by atoms with van der Waals surface area (Å²) in [4.78, 5) is 0. The molecule has 0 saturated heterocycles. The van der Waals surface area contributed by atoms with Crippen LogP contribution in [0.25, 0.3) is 10.8 Å². The van der Waals surface area contributed by atoms with E-state index in [0.29, 0.717) is 6.42 Å². The van der Waals surface area contributed by atoms with Gasteiger partial charge in [-0.1, -0.05) is 36.4 Å². The Balaban J connectivity index is 2.51. The van der Waals surface area contributed by atoms with E-state index in [0.717, 1.165) is 21.9 Å². The highest BCUT2D eigenvalue weighted by Gasteiger charge is 2.22. The third-order valence-corrected chi connectivity index (χ3v) is 2.76. The first kappa shape index (κ1) is 7.07. The third kappa shape index (κ3) is 0.844. The summed E-state index contributed by atoms with van der Waals surface area (Å²) in [6.07, 6.45) is -0.238. The van der Waals surface area contributed by atoms with Gasteiger partial charge in [0.15, 0.2) is 0 Å². The van der Waals surface area contributed by atoms with Crippen LogP contribution in [0.5, 0.6) is 0 Å². The van der Waals surface area contributed by atoms with Crippen LogP contribution >= 0.6 is 0 Å². The van der Waals surface area contributed by atoms with E-state index >= 15 is 0 Å². The summed E-state index contributed by atoms with van der Waals surface area (Å²) in [5.74, 6) is 0. The van der Waals surface area contributed by atoms with Crippen LogP contribution in [0.3, 0.4) is 0 Å². The van der Waals surface area contributed by atoms with Crippen molar-refractivity contribution in [3.63, 3.8) is 0 Å². The zero-order valence-corrected chi connectivity index (χ0v) is 7.13. The minimum atomic E-state index is -0.791. The predicted octanol–water partition coefficient (Wildman–Crippen LogP) is 3.41. The second kappa shape index (κ2) is 2.32. The van der Waals surface area contributed by atoms with Crippen LogP contribution in [0.15, 0.2) is 36.4 Å². The van der Waals surface area contributed by atoms with Crippen molar-refractivity contribution >= 4 is 10.8 Å². The van der Waals surface area contributed by atoms with Crippen LogP contribution in [-0.2, 0) is 6.42 Å². The topological polar surface area (TPSA) is 0 Å². The molecule has 1 aliphatic rings. The molecule has 0 amide bonds. The quantitative estimate of drug-likeness (QED) is 0.571. The standard InChI is InChI=1S/C12H9F/c13-11-7-9-5-1-3-8-4-2-6-10(11)12(8)9/h1-6,11H,7H2. The van der Waals surface area contributed by atoms with E-state index < -0.39 is 6.17 Å². The molecule has 0 saturated carbocycles. The maximum absolute atomic E-state index is 13.5. The molecule has 2 aromatic carbocycles. The van der Waals surface area contributed by atoms with Crippen molar-refractivity contribution in [3.8, 4) is 0 Å². The molecule has 1 atom stereocenters. The zero-order valence-electron chi connectivity index (χ0n) is 7.13. The fourth-order valence-corrected chi connectivity index (χ4v) is 2.18. The second-order valence-electron chi connectivity index (χ2n) is 3.53. The van der Waals surface area contributed by atoms with Gasteiger partial charge in [-0.05, 0) is 21.9 Å². The molecule has 1 aliphatic carbocycles. The Morgan fingerprint density at radius 1 is 1.08 bits per heavy atom. The van der Waals surface area contributed by atoms with E-state index in [1.807, 2.05) is 36.4 Å². The largest absolute Gasteiger partial charge is 0.242 e. The third-order valence-electron chi connectivity index (χ3n) is 2.76. The Hall–Kier alpha value is -1.37. The predicted molar refractivity (Wildman–Crippen MR) is 51.5 cm³/mol. The highest BCUT2D eigenvalue weighted by atomic mass is 19.1. The van der Waals surface area contributed by atoms with Crippen molar-refractivity contribution in [1.82, 2.24) is 0 Å². The average Bonchev–Trinajstić information content (AvgIpc) is 2.47. The molecule has 1 unspecified atom stereocenters. The lowest BCUT2D eigenvalue weighted by atomic mass is 10.1. The Bertz CT molecular complexity index is 468. The summed E-state index contributed by atoms with van der Waals surface area (Å²) in [5, 5.41) is 2.30. The smallest absolute Gasteiger partial charge is 0.130 e. The van der Waals surface area contributed by atoms with Crippen LogP contribution in [-0.4, -0.2) is 0 Å². The highest BCUT2D eigenvalue weighted by molar-refractivity contribution is 5.91. The molecule has 3 rings (SSSR count). The Kier molecular flexibility index (Phi) is 1.26. The van der Waals surface area contributed by atoms with Gasteiger partial charge < -0.3 is 0 Å². The van der Waals surface area contributed by atoms with Gasteiger partial charge in [-0.2, -0.15) is 0 Å². The van der Waals surface area contributed by atoms with Crippen LogP contribution in [0, 0.1) is 0 Å². The van der Waals surface area contributed by atoms with Gasteiger partial charge in [0, 0.05) is 6.42 Å². The SMILES string of the molecule is FC1Cc2cccc3cccc1c23. The molecule has 0 heterocycles. The van der Waals surface area contributed by atoms with Crippen molar-refractivity contribution in [2.45, 2.75) is 12.6 Å². The zero-order chi connectivity index (χ0) is 8.84. The van der Waals surface area contributed by atoms with E-state index in [1.165, 1.54) is 0 Å². The van der Waals surface area contributed by atoms with Gasteiger partial charge in [0.25, 0.3) is 0 Å². The molecule has 0 N–H and O–H groups in total. The number of benzene rings is 2. The van der Waals surface area contributed by atoms with Crippen molar-refractivity contribution in [2.24, 2.45) is 0 Å². The van der Waals surface area contributed by atoms with E-state index in [-0.39, 0.29) is 0 Å². The van der Waals surface area contributed by atoms with Gasteiger partial charge in [-0.3, -0.25) is 0 Å². The van der Waals surface area contributed by atoms with Crippen LogP contribution in [0.4, 0.5) is 4.39 Å². The minimum absolute atomic E-state index is 0.552. The molecule has 0 aliphatic heterocycles. The summed E-state index contributed by atoms with van der Waals surface area (Å²) >= 11 is 0. The first-order valence-corrected chi connectivity index (χ1v) is 4.51. The molecular weight excluding hydrogens is 163 g/mol. The van der Waals surface area contributed by atoms with E-state index in [4.69, 9.17) is 0 Å². The lowest BCUT2D eigenvalue weighted by Gasteiger charge is -2.00. The van der Waals surface area contributed by atoms with Crippen molar-refractivity contribution in [3.05, 3.63) is 47.5 Å². The first-order chi connectivity index (χ1) is 6.36. The fraction of sp³-hybridized carbons (Fsp3) is 0.167. The molecule has 0 spiro atoms. The average molecular weight is 172 g/mol. The summed E-state index contributed by atoms with van der Waals surface area (Å²) < 4.78 is 13.5. The summed E-state index contributed by atoms with van der Waals surface area (Å²) in [5.41, 5.74) is 2.02. The molecule has 1 heteroatoms. The molecule has 0 aromatic heterocycles. The van der Waals surface area contributed by atoms with Crippen LogP contribution in [0.1, 0.15) is 17.3 Å². The van der Waals surface area contributed by atoms with Crippen LogP contribution in [0.2, 0.25) is 0 Å². The second-order valence-corrected chi connectivity index (χ2v) is 3.53. The molecule has 64 valence electrons. The van der Waals surface area contributed by atoms with Gasteiger partial charge in [0.2, 0.25) is 0 Å². The van der Waals surface area contributed by atoms with Gasteiger partial charge in [-0.15, -0.1) is 0 Å². The van der Waals surface area contributed by atoms with Gasteiger partial charge in [0.05, 0.1) is 0 Å². The van der Waals surface area contributed by atoms with Gasteiger partial charge >= 0.3 is 0 Å². The number of halogens is 1. The Morgan fingerprint density at radius 3 is 2.69 bits per heavy atom. The van der Waals surface area contributed by atoms with Crippen molar-refractivity contribution in [1.29, 1.82) is 0 Å². The van der Waals surface area contributed by atoms with E-state index in [1.54, 1.807) is 0 Å². The van der Waals surface area contributed by atoms with Crippen LogP contribution < -0.4 is 0 Å². The normalized spacial score (nSPS) is 19.6. The fourth-order valence-electron chi connectivity index (χ4n) is 2.18. The molecule has 2 aromatic rings. The molecule has 0 bridgehead atoms. The maximum atomic E-state index is 13.5. The van der Waals surface area contributed by atoms with Crippen molar-refractivity contribution < 1.29 is 4.39 Å². The lowest BCUT2D eigenvalue weighted by molar-refractivity contribution is 0.353. The lowest BCUT2D eigenvalue weighted by Crippen LogP contribution is -1.84. The Morgan fingerprint density at radius 2 is 1.85 bits per heavy atom. The maximum Gasteiger partial charge on any atom is 0.130 e. The van der Waals surface area contributed by atoms with E-state index in [9.17, 15) is 4.39 Å². The van der Waals surface area contributed by atoms with E-state index in [2.05, 4.69) is 0 Å². The summed E-state index contributed by atoms with van der Waals surface area (Å²) in [6.45, 7) is 0. The number of hydrogen-bond acceptors (Lipinski definition) is 0. The van der Waals surface area contributed by atoms with Gasteiger partial charge in [0.1, 0.15) is 6.17 Å². The monoisotopic (exact) mass is 172 g/mol.